The van der Waals surface area contributed by atoms with Crippen LogP contribution >= 0.6 is 0 Å². The number of aliphatic imine (C=N–C) groups is 1. The molecule has 250 valence electrons. The van der Waals surface area contributed by atoms with E-state index in [1.807, 2.05) is 45.8 Å². The summed E-state index contributed by atoms with van der Waals surface area (Å²) in [4.78, 5) is 31.4. The number of allylic oxidation sites excluding steroid dienone is 2. The van der Waals surface area contributed by atoms with Crippen LogP contribution in [0.5, 0.6) is 11.5 Å². The number of amides is 2. The minimum Gasteiger partial charge on any atom is -0.506 e. The third-order valence-corrected chi connectivity index (χ3v) is 7.71. The van der Waals surface area contributed by atoms with Gasteiger partial charge in [-0.05, 0) is 52.3 Å². The molecule has 2 rings (SSSR count). The van der Waals surface area contributed by atoms with Gasteiger partial charge in [0, 0.05) is 57.2 Å². The van der Waals surface area contributed by atoms with Crippen molar-refractivity contribution < 1.29 is 38.7 Å². The van der Waals surface area contributed by atoms with Gasteiger partial charge < -0.3 is 45.1 Å². The highest BCUT2D eigenvalue weighted by atomic mass is 16.6. The lowest BCUT2D eigenvalue weighted by atomic mass is 9.87. The van der Waals surface area contributed by atoms with Crippen molar-refractivity contribution >= 4 is 29.6 Å². The van der Waals surface area contributed by atoms with Crippen molar-refractivity contribution in [1.29, 1.82) is 0 Å². The van der Waals surface area contributed by atoms with Gasteiger partial charge in [0.25, 0.3) is 5.91 Å². The number of phenolic OH excluding ortho intramolecular Hbond substituents is 2. The molecule has 0 fully saturated rings. The summed E-state index contributed by atoms with van der Waals surface area (Å²) in [5.74, 6) is -1.13. The molecule has 0 aliphatic carbocycles. The quantitative estimate of drug-likeness (QED) is 0.147. The van der Waals surface area contributed by atoms with Crippen LogP contribution in [0.2, 0.25) is 0 Å². The summed E-state index contributed by atoms with van der Waals surface area (Å²) in [6, 6.07) is 1.29. The van der Waals surface area contributed by atoms with E-state index in [9.17, 15) is 19.8 Å². The van der Waals surface area contributed by atoms with Crippen molar-refractivity contribution in [2.75, 3.05) is 47.3 Å². The maximum Gasteiger partial charge on any atom is 0.405 e. The molecule has 1 aliphatic rings. The van der Waals surface area contributed by atoms with Gasteiger partial charge in [-0.15, -0.1) is 0 Å². The van der Waals surface area contributed by atoms with Crippen molar-refractivity contribution in [1.82, 2.24) is 4.90 Å². The van der Waals surface area contributed by atoms with Crippen LogP contribution in [0.1, 0.15) is 39.7 Å². The van der Waals surface area contributed by atoms with Crippen LogP contribution in [0.3, 0.4) is 0 Å². The number of fused-ring (bicyclic) bond motifs is 2. The number of anilines is 1. The number of methoxy groups -OCH3 is 3. The lowest BCUT2D eigenvalue weighted by Crippen LogP contribution is -2.38. The molecular weight excluding hydrogens is 580 g/mol. The molecular formula is C33H50N4O8. The largest absolute Gasteiger partial charge is 0.506 e. The highest BCUT2D eigenvalue weighted by Crippen LogP contribution is 2.44. The fourth-order valence-electron chi connectivity index (χ4n) is 5.39. The van der Waals surface area contributed by atoms with Gasteiger partial charge in [0.1, 0.15) is 23.3 Å². The first-order valence-corrected chi connectivity index (χ1v) is 14.9. The second-order valence-corrected chi connectivity index (χ2v) is 11.7. The third kappa shape index (κ3) is 10.7. The summed E-state index contributed by atoms with van der Waals surface area (Å²) in [5.41, 5.74) is 7.09. The molecule has 2 bridgehead atoms. The topological polar surface area (TPSA) is 165 Å². The van der Waals surface area contributed by atoms with Gasteiger partial charge in [-0.25, -0.2) is 4.79 Å². The fraction of sp³-hybridized carbons (Fsp3) is 0.545. The standard InChI is InChI=1S/C33H50N4O8/c1-19-15-23-28(35-13-14-37(5)6)25(38)18-24(29(23)39)36-32(40)20(2)11-10-12-26(42-7)31(45-33(34)41)22(4)17-21(3)30(44-9)27(16-19)43-8/h10-13,17-19,21,26-27,30-31,38-39H,14-16H2,1-9H3,(H2,34,41)(H,36,40)/b12-10-,20-11+,22-17+,35-13?/t19-,21+,26+,27+,30-,31+/m1/s1. The van der Waals surface area contributed by atoms with Crippen LogP contribution in [-0.2, 0) is 30.2 Å². The summed E-state index contributed by atoms with van der Waals surface area (Å²) < 4.78 is 22.9. The maximum atomic E-state index is 13.1. The number of nitrogens with zero attached hydrogens (tertiary/aromatic N) is 2. The SMILES string of the molecule is CO[C@H]1[C@@H](OC)C[C@H](C)Cc2c(O)c(cc(O)c2N=CCN(C)C)NC(=O)/C(C)=C/C=C\[C@H](OC)[C@@H](OC(N)=O)/C(C)=C/[C@@H]1C. The van der Waals surface area contributed by atoms with Gasteiger partial charge in [-0.1, -0.05) is 38.2 Å². The number of primary amides is 1. The zero-order chi connectivity index (χ0) is 33.8. The minimum absolute atomic E-state index is 0.0529. The van der Waals surface area contributed by atoms with Crippen LogP contribution in [-0.4, -0.2) is 99.7 Å². The van der Waals surface area contributed by atoms with E-state index < -0.39 is 30.3 Å². The minimum atomic E-state index is -0.956. The Bertz CT molecular complexity index is 1290. The zero-order valence-corrected chi connectivity index (χ0v) is 27.9. The molecule has 2 amide bonds. The van der Waals surface area contributed by atoms with Crippen LogP contribution < -0.4 is 11.1 Å². The first-order chi connectivity index (χ1) is 21.2. The van der Waals surface area contributed by atoms with Gasteiger partial charge >= 0.3 is 6.09 Å². The number of aromatic hydroxyl groups is 2. The Morgan fingerprint density at radius 2 is 1.84 bits per heavy atom. The van der Waals surface area contributed by atoms with E-state index in [0.717, 1.165) is 0 Å². The lowest BCUT2D eigenvalue weighted by Gasteiger charge is -2.32. The van der Waals surface area contributed by atoms with Gasteiger partial charge in [-0.3, -0.25) is 9.79 Å². The van der Waals surface area contributed by atoms with Crippen molar-refractivity contribution in [3.63, 3.8) is 0 Å². The molecule has 1 aromatic carbocycles. The number of carbonyl (C=O) groups excluding carboxylic acids is 2. The zero-order valence-electron chi connectivity index (χ0n) is 27.9. The predicted molar refractivity (Wildman–Crippen MR) is 175 cm³/mol. The molecule has 45 heavy (non-hydrogen) atoms. The lowest BCUT2D eigenvalue weighted by molar-refractivity contribution is -0.112. The molecule has 0 saturated heterocycles. The monoisotopic (exact) mass is 630 g/mol. The first-order valence-electron chi connectivity index (χ1n) is 14.9. The molecule has 0 radical (unpaired) electrons. The van der Waals surface area contributed by atoms with Gasteiger partial charge in [-0.2, -0.15) is 0 Å². The summed E-state index contributed by atoms with van der Waals surface area (Å²) in [6.45, 7) is 7.92. The Morgan fingerprint density at radius 1 is 1.16 bits per heavy atom. The molecule has 1 heterocycles. The van der Waals surface area contributed by atoms with E-state index in [1.54, 1.807) is 45.6 Å². The highest BCUT2D eigenvalue weighted by Gasteiger charge is 2.31. The number of phenols is 2. The van der Waals surface area contributed by atoms with Crippen LogP contribution in [0, 0.1) is 11.8 Å². The Balaban J connectivity index is 2.72. The van der Waals surface area contributed by atoms with E-state index in [4.69, 9.17) is 24.7 Å². The normalized spacial score (nSPS) is 28.6. The summed E-state index contributed by atoms with van der Waals surface area (Å²) in [5, 5.41) is 25.1. The molecule has 5 N–H and O–H groups in total. The molecule has 12 heteroatoms. The molecule has 1 aromatic rings. The van der Waals surface area contributed by atoms with E-state index in [-0.39, 0.29) is 40.8 Å². The fourth-order valence-corrected chi connectivity index (χ4v) is 5.39. The average Bonchev–Trinajstić information content (AvgIpc) is 2.97. The van der Waals surface area contributed by atoms with E-state index >= 15 is 0 Å². The number of nitrogens with two attached hydrogens (primary N) is 1. The van der Waals surface area contributed by atoms with Crippen LogP contribution in [0.25, 0.3) is 0 Å². The second-order valence-electron chi connectivity index (χ2n) is 11.7. The number of benzene rings is 1. The summed E-state index contributed by atoms with van der Waals surface area (Å²) in [7, 11) is 8.48. The number of nitrogens with one attached hydrogen (secondary N) is 1. The van der Waals surface area contributed by atoms with Crippen molar-refractivity contribution in [3.05, 3.63) is 47.1 Å². The highest BCUT2D eigenvalue weighted by molar-refractivity contribution is 6.04. The predicted octanol–water partition coefficient (Wildman–Crippen LogP) is 4.48. The average molecular weight is 631 g/mol. The molecule has 0 spiro atoms. The summed E-state index contributed by atoms with van der Waals surface area (Å²) in [6.07, 6.45) is 5.96. The molecule has 0 saturated carbocycles. The number of rotatable bonds is 7. The molecule has 0 aromatic heterocycles. The van der Waals surface area contributed by atoms with Crippen molar-refractivity contribution in [2.45, 2.75) is 65.0 Å². The third-order valence-electron chi connectivity index (χ3n) is 7.71. The van der Waals surface area contributed by atoms with Crippen molar-refractivity contribution in [2.24, 2.45) is 22.6 Å². The molecule has 6 atom stereocenters. The van der Waals surface area contributed by atoms with Gasteiger partial charge in [0.15, 0.2) is 6.10 Å². The Morgan fingerprint density at radius 3 is 2.42 bits per heavy atom. The molecule has 0 unspecified atom stereocenters. The van der Waals surface area contributed by atoms with Crippen molar-refractivity contribution in [3.8, 4) is 11.5 Å². The van der Waals surface area contributed by atoms with E-state index in [2.05, 4.69) is 10.3 Å². The van der Waals surface area contributed by atoms with Gasteiger partial charge in [0.05, 0.1) is 17.9 Å². The van der Waals surface area contributed by atoms with Crippen LogP contribution in [0.15, 0.2) is 46.5 Å². The number of hydrogen-bond donors (Lipinski definition) is 4. The number of hydrogen-bond acceptors (Lipinski definition) is 10. The van der Waals surface area contributed by atoms with Crippen LogP contribution in [0.4, 0.5) is 16.2 Å². The Labute approximate surface area is 266 Å². The number of ether oxygens (including phenoxy) is 4. The van der Waals surface area contributed by atoms with E-state index in [1.165, 1.54) is 13.2 Å². The maximum absolute atomic E-state index is 13.1. The molecule has 12 nitrogen and oxygen atoms in total. The van der Waals surface area contributed by atoms with E-state index in [0.29, 0.717) is 36.1 Å². The Kier molecular flexibility index (Phi) is 14.7. The molecule has 1 aliphatic heterocycles. The second kappa shape index (κ2) is 17.7. The van der Waals surface area contributed by atoms with Gasteiger partial charge in [0.2, 0.25) is 0 Å². The smallest absolute Gasteiger partial charge is 0.405 e. The Hall–Kier alpha value is -3.71. The first kappa shape index (κ1) is 37.5. The number of carbonyl (C=O) groups is 2. The summed E-state index contributed by atoms with van der Waals surface area (Å²) >= 11 is 0.